The number of hydrogen-bond donors (Lipinski definition) is 1. The van der Waals surface area contributed by atoms with Crippen molar-refractivity contribution in [1.82, 2.24) is 9.80 Å². The molecule has 0 saturated heterocycles. The quantitative estimate of drug-likeness (QED) is 0.888. The smallest absolute Gasteiger partial charge is 0.223 e. The first-order chi connectivity index (χ1) is 9.61. The Balaban J connectivity index is 2.01. The molecule has 1 heterocycles. The second-order valence-corrected chi connectivity index (χ2v) is 5.69. The molecule has 1 aliphatic rings. The standard InChI is InChI=1S/C16H25N3O/c1-18(2)16(20)11-15(12-17)19-9-7-13-5-3-4-6-14(13)8-10-19/h3-6,15H,7-12,17H2,1-2H3. The van der Waals surface area contributed by atoms with Crippen LogP contribution in [-0.2, 0) is 17.6 Å². The van der Waals surface area contributed by atoms with Crippen LogP contribution in [-0.4, -0.2) is 55.5 Å². The molecule has 0 bridgehead atoms. The molecular formula is C16H25N3O. The van der Waals surface area contributed by atoms with E-state index in [4.69, 9.17) is 5.73 Å². The van der Waals surface area contributed by atoms with Crippen LogP contribution in [0.1, 0.15) is 17.5 Å². The van der Waals surface area contributed by atoms with Gasteiger partial charge in [0.2, 0.25) is 5.91 Å². The van der Waals surface area contributed by atoms with Crippen molar-refractivity contribution in [2.75, 3.05) is 33.7 Å². The summed E-state index contributed by atoms with van der Waals surface area (Å²) >= 11 is 0. The summed E-state index contributed by atoms with van der Waals surface area (Å²) in [6.45, 7) is 2.51. The maximum Gasteiger partial charge on any atom is 0.223 e. The predicted octanol–water partition coefficient (Wildman–Crippen LogP) is 0.893. The maximum atomic E-state index is 11.9. The molecule has 0 spiro atoms. The number of rotatable bonds is 4. The molecule has 2 N–H and O–H groups in total. The first-order valence-electron chi connectivity index (χ1n) is 7.33. The lowest BCUT2D eigenvalue weighted by atomic mass is 10.0. The van der Waals surface area contributed by atoms with Crippen molar-refractivity contribution in [3.8, 4) is 0 Å². The van der Waals surface area contributed by atoms with Crippen LogP contribution in [0.3, 0.4) is 0 Å². The first-order valence-corrected chi connectivity index (χ1v) is 7.33. The van der Waals surface area contributed by atoms with Gasteiger partial charge in [0.05, 0.1) is 0 Å². The molecule has 4 nitrogen and oxygen atoms in total. The molecule has 20 heavy (non-hydrogen) atoms. The second-order valence-electron chi connectivity index (χ2n) is 5.69. The lowest BCUT2D eigenvalue weighted by Gasteiger charge is -2.30. The Morgan fingerprint density at radius 2 is 1.80 bits per heavy atom. The molecular weight excluding hydrogens is 250 g/mol. The summed E-state index contributed by atoms with van der Waals surface area (Å²) in [4.78, 5) is 15.9. The summed E-state index contributed by atoms with van der Waals surface area (Å²) in [6, 6.07) is 8.77. The number of carbonyl (C=O) groups is 1. The SMILES string of the molecule is CN(C)C(=O)CC(CN)N1CCc2ccccc2CC1. The molecule has 1 aromatic rings. The van der Waals surface area contributed by atoms with Gasteiger partial charge in [-0.2, -0.15) is 0 Å². The highest BCUT2D eigenvalue weighted by Gasteiger charge is 2.23. The van der Waals surface area contributed by atoms with Crippen molar-refractivity contribution in [3.63, 3.8) is 0 Å². The Morgan fingerprint density at radius 1 is 1.25 bits per heavy atom. The maximum absolute atomic E-state index is 11.9. The second kappa shape index (κ2) is 6.86. The zero-order valence-corrected chi connectivity index (χ0v) is 12.5. The van der Waals surface area contributed by atoms with Crippen molar-refractivity contribution in [3.05, 3.63) is 35.4 Å². The molecule has 0 aromatic heterocycles. The average molecular weight is 275 g/mol. The van der Waals surface area contributed by atoms with E-state index in [2.05, 4.69) is 29.2 Å². The fraction of sp³-hybridized carbons (Fsp3) is 0.562. The number of fused-ring (bicyclic) bond motifs is 1. The Morgan fingerprint density at radius 3 is 2.25 bits per heavy atom. The van der Waals surface area contributed by atoms with E-state index in [1.54, 1.807) is 19.0 Å². The molecule has 1 atom stereocenters. The topological polar surface area (TPSA) is 49.6 Å². The van der Waals surface area contributed by atoms with Crippen LogP contribution < -0.4 is 5.73 Å². The molecule has 0 radical (unpaired) electrons. The number of benzene rings is 1. The van der Waals surface area contributed by atoms with Gasteiger partial charge in [0, 0.05) is 46.2 Å². The zero-order valence-electron chi connectivity index (χ0n) is 12.5. The van der Waals surface area contributed by atoms with E-state index in [9.17, 15) is 4.79 Å². The predicted molar refractivity (Wildman–Crippen MR) is 81.6 cm³/mol. The average Bonchev–Trinajstić information content (AvgIpc) is 2.67. The number of nitrogens with two attached hydrogens (primary N) is 1. The number of hydrogen-bond acceptors (Lipinski definition) is 3. The molecule has 1 amide bonds. The summed E-state index contributed by atoms with van der Waals surface area (Å²) in [6.07, 6.45) is 2.60. The van der Waals surface area contributed by atoms with Gasteiger partial charge in [-0.1, -0.05) is 24.3 Å². The van der Waals surface area contributed by atoms with E-state index in [-0.39, 0.29) is 11.9 Å². The molecule has 0 fully saturated rings. The molecule has 110 valence electrons. The minimum Gasteiger partial charge on any atom is -0.349 e. The van der Waals surface area contributed by atoms with Crippen LogP contribution in [0, 0.1) is 0 Å². The molecule has 4 heteroatoms. The van der Waals surface area contributed by atoms with Crippen molar-refractivity contribution >= 4 is 5.91 Å². The van der Waals surface area contributed by atoms with Gasteiger partial charge in [-0.3, -0.25) is 9.69 Å². The molecule has 2 rings (SSSR count). The molecule has 1 aliphatic heterocycles. The van der Waals surface area contributed by atoms with Gasteiger partial charge in [-0.15, -0.1) is 0 Å². The van der Waals surface area contributed by atoms with Crippen molar-refractivity contribution in [2.45, 2.75) is 25.3 Å². The van der Waals surface area contributed by atoms with Crippen molar-refractivity contribution in [2.24, 2.45) is 5.73 Å². The first kappa shape index (κ1) is 15.0. The van der Waals surface area contributed by atoms with Gasteiger partial charge < -0.3 is 10.6 Å². The largest absolute Gasteiger partial charge is 0.349 e. The van der Waals surface area contributed by atoms with Gasteiger partial charge in [-0.25, -0.2) is 0 Å². The molecule has 0 saturated carbocycles. The van der Waals surface area contributed by atoms with Crippen LogP contribution >= 0.6 is 0 Å². The Bertz CT molecular complexity index is 432. The van der Waals surface area contributed by atoms with Gasteiger partial charge in [0.25, 0.3) is 0 Å². The minimum absolute atomic E-state index is 0.152. The lowest BCUT2D eigenvalue weighted by Crippen LogP contribution is -2.44. The Kier molecular flexibility index (Phi) is 5.15. The third-order valence-electron chi connectivity index (χ3n) is 4.15. The van der Waals surface area contributed by atoms with E-state index in [0.717, 1.165) is 25.9 Å². The summed E-state index contributed by atoms with van der Waals surface area (Å²) in [5, 5.41) is 0. The molecule has 1 aromatic carbocycles. The summed E-state index contributed by atoms with van der Waals surface area (Å²) in [7, 11) is 3.60. The molecule has 1 unspecified atom stereocenters. The highest BCUT2D eigenvalue weighted by molar-refractivity contribution is 5.76. The fourth-order valence-corrected chi connectivity index (χ4v) is 2.80. The number of nitrogens with zero attached hydrogens (tertiary/aromatic N) is 2. The van der Waals surface area contributed by atoms with Crippen molar-refractivity contribution < 1.29 is 4.79 Å². The van der Waals surface area contributed by atoms with Crippen LogP contribution in [0.2, 0.25) is 0 Å². The number of amides is 1. The minimum atomic E-state index is 0.152. The van der Waals surface area contributed by atoms with Crippen LogP contribution in [0.4, 0.5) is 0 Å². The van der Waals surface area contributed by atoms with Gasteiger partial charge >= 0.3 is 0 Å². The van der Waals surface area contributed by atoms with Crippen LogP contribution in [0.5, 0.6) is 0 Å². The van der Waals surface area contributed by atoms with Crippen LogP contribution in [0.25, 0.3) is 0 Å². The highest BCUT2D eigenvalue weighted by atomic mass is 16.2. The van der Waals surface area contributed by atoms with E-state index < -0.39 is 0 Å². The third-order valence-corrected chi connectivity index (χ3v) is 4.15. The van der Waals surface area contributed by atoms with E-state index in [1.165, 1.54) is 11.1 Å². The van der Waals surface area contributed by atoms with Crippen LogP contribution in [0.15, 0.2) is 24.3 Å². The lowest BCUT2D eigenvalue weighted by molar-refractivity contribution is -0.129. The van der Waals surface area contributed by atoms with E-state index in [0.29, 0.717) is 13.0 Å². The van der Waals surface area contributed by atoms with Gasteiger partial charge in [-0.05, 0) is 24.0 Å². The zero-order chi connectivity index (χ0) is 14.5. The summed E-state index contributed by atoms with van der Waals surface area (Å²) < 4.78 is 0. The van der Waals surface area contributed by atoms with Gasteiger partial charge in [0.15, 0.2) is 0 Å². The highest BCUT2D eigenvalue weighted by Crippen LogP contribution is 2.18. The third kappa shape index (κ3) is 3.58. The Hall–Kier alpha value is -1.39. The monoisotopic (exact) mass is 275 g/mol. The van der Waals surface area contributed by atoms with Gasteiger partial charge in [0.1, 0.15) is 0 Å². The van der Waals surface area contributed by atoms with E-state index in [1.807, 2.05) is 0 Å². The van der Waals surface area contributed by atoms with Crippen molar-refractivity contribution in [1.29, 1.82) is 0 Å². The Labute approximate surface area is 121 Å². The molecule has 0 aliphatic carbocycles. The number of carbonyl (C=O) groups excluding carboxylic acids is 1. The normalized spacial score (nSPS) is 17.1. The summed E-state index contributed by atoms with van der Waals surface area (Å²) in [5.74, 6) is 0.155. The fourth-order valence-electron chi connectivity index (χ4n) is 2.80. The van der Waals surface area contributed by atoms with E-state index >= 15 is 0 Å². The summed E-state index contributed by atoms with van der Waals surface area (Å²) in [5.41, 5.74) is 8.77.